The van der Waals surface area contributed by atoms with Crippen molar-refractivity contribution in [2.24, 2.45) is 0 Å². The first-order chi connectivity index (χ1) is 17.0. The summed E-state index contributed by atoms with van der Waals surface area (Å²) in [6.45, 7) is 3.09. The van der Waals surface area contributed by atoms with E-state index in [0.717, 1.165) is 27.6 Å². The maximum Gasteiger partial charge on any atom is 0.417 e. The Morgan fingerprint density at radius 1 is 1.06 bits per heavy atom. The summed E-state index contributed by atoms with van der Waals surface area (Å²) in [6.07, 6.45) is -3.95. The molecular weight excluding hydrogens is 483 g/mol. The van der Waals surface area contributed by atoms with E-state index in [-0.39, 0.29) is 28.7 Å². The second-order valence-electron chi connectivity index (χ2n) is 7.60. The molecule has 0 saturated carbocycles. The van der Waals surface area contributed by atoms with Crippen molar-refractivity contribution in [2.75, 3.05) is 5.32 Å². The minimum Gasteiger partial charge on any atom is -0.305 e. The zero-order valence-corrected chi connectivity index (χ0v) is 18.6. The Kier molecular flexibility index (Phi) is 6.10. The number of carbonyl (C=O) groups is 1. The number of aryl methyl sites for hydroxylation is 2. The lowest BCUT2D eigenvalue weighted by Gasteiger charge is -2.12. The average molecular weight is 499 g/mol. The molecule has 184 valence electrons. The summed E-state index contributed by atoms with van der Waals surface area (Å²) in [6, 6.07) is 10.1. The van der Waals surface area contributed by atoms with Gasteiger partial charge in [0.15, 0.2) is 11.5 Å². The molecule has 11 nitrogen and oxygen atoms in total. The van der Waals surface area contributed by atoms with Crippen LogP contribution >= 0.6 is 0 Å². The van der Waals surface area contributed by atoms with Crippen LogP contribution in [0.1, 0.15) is 27.4 Å². The van der Waals surface area contributed by atoms with Gasteiger partial charge in [-0.25, -0.2) is 9.67 Å². The fourth-order valence-electron chi connectivity index (χ4n) is 3.36. The highest BCUT2D eigenvalue weighted by Crippen LogP contribution is 2.29. The van der Waals surface area contributed by atoms with E-state index in [0.29, 0.717) is 11.9 Å². The van der Waals surface area contributed by atoms with Crippen LogP contribution < -0.4 is 10.7 Å². The number of alkyl halides is 3. The van der Waals surface area contributed by atoms with Gasteiger partial charge in [0.2, 0.25) is 5.43 Å². The minimum absolute atomic E-state index is 0.0133. The van der Waals surface area contributed by atoms with Gasteiger partial charge < -0.3 is 5.32 Å². The maximum atomic E-state index is 13.0. The molecule has 0 unspecified atom stereocenters. The van der Waals surface area contributed by atoms with E-state index < -0.39 is 33.7 Å². The fraction of sp³-hybridized carbons (Fsp3) is 0.136. The molecular formula is C22H16F3N7O4. The molecule has 0 spiro atoms. The lowest BCUT2D eigenvalue weighted by atomic mass is 10.2. The number of nitrogens with one attached hydrogen (secondary N) is 1. The van der Waals surface area contributed by atoms with Gasteiger partial charge in [-0.3, -0.25) is 19.7 Å². The van der Waals surface area contributed by atoms with Crippen molar-refractivity contribution in [1.82, 2.24) is 24.5 Å². The van der Waals surface area contributed by atoms with Gasteiger partial charge in [-0.15, -0.1) is 0 Å². The molecule has 0 radical (unpaired) electrons. The second-order valence-corrected chi connectivity index (χ2v) is 7.60. The summed E-state index contributed by atoms with van der Waals surface area (Å²) in [7, 11) is 0. The van der Waals surface area contributed by atoms with Gasteiger partial charge in [-0.1, -0.05) is 12.1 Å². The summed E-state index contributed by atoms with van der Waals surface area (Å²) in [5.41, 5.74) is -1.85. The lowest BCUT2D eigenvalue weighted by molar-refractivity contribution is -0.384. The molecule has 0 aliphatic rings. The van der Waals surface area contributed by atoms with Gasteiger partial charge in [0.1, 0.15) is 11.5 Å². The third kappa shape index (κ3) is 4.68. The lowest BCUT2D eigenvalue weighted by Crippen LogP contribution is -2.27. The quantitative estimate of drug-likeness (QED) is 0.327. The van der Waals surface area contributed by atoms with Crippen molar-refractivity contribution in [3.63, 3.8) is 0 Å². The van der Waals surface area contributed by atoms with Crippen LogP contribution in [0.4, 0.5) is 24.7 Å². The number of carbonyl (C=O) groups excluding carboxylic acids is 1. The van der Waals surface area contributed by atoms with E-state index in [1.807, 2.05) is 0 Å². The average Bonchev–Trinajstić information content (AvgIpc) is 3.18. The van der Waals surface area contributed by atoms with Gasteiger partial charge in [0.25, 0.3) is 11.6 Å². The van der Waals surface area contributed by atoms with E-state index in [4.69, 9.17) is 0 Å². The van der Waals surface area contributed by atoms with Gasteiger partial charge in [0.05, 0.1) is 16.2 Å². The van der Waals surface area contributed by atoms with Crippen molar-refractivity contribution in [2.45, 2.75) is 20.0 Å². The first-order valence-electron chi connectivity index (χ1n) is 10.2. The zero-order valence-electron chi connectivity index (χ0n) is 18.6. The van der Waals surface area contributed by atoms with E-state index in [1.54, 1.807) is 13.0 Å². The Bertz CT molecular complexity index is 1540. The van der Waals surface area contributed by atoms with E-state index >= 15 is 0 Å². The number of nitrogens with zero attached hydrogens (tertiary/aromatic N) is 6. The predicted octanol–water partition coefficient (Wildman–Crippen LogP) is 3.61. The molecule has 14 heteroatoms. The number of rotatable bonds is 5. The molecule has 0 atom stereocenters. The first-order valence-corrected chi connectivity index (χ1v) is 10.2. The number of hydrogen-bond donors (Lipinski definition) is 1. The van der Waals surface area contributed by atoms with Crippen LogP contribution in [-0.2, 0) is 6.18 Å². The highest BCUT2D eigenvalue weighted by molar-refractivity contribution is 6.02. The van der Waals surface area contributed by atoms with Gasteiger partial charge in [-0.2, -0.15) is 28.1 Å². The third-order valence-corrected chi connectivity index (χ3v) is 4.99. The molecule has 1 aromatic carbocycles. The van der Waals surface area contributed by atoms with Crippen LogP contribution in [0.25, 0.3) is 11.5 Å². The monoisotopic (exact) mass is 499 g/mol. The highest BCUT2D eigenvalue weighted by atomic mass is 19.4. The number of nitro benzene ring substituents is 1. The largest absolute Gasteiger partial charge is 0.417 e. The standard InChI is InChI=1S/C22H16F3N7O4/c1-12-9-19(31(28-12)18-8-7-14(11-26-18)22(23,24)25)27-21(34)20-17(33)10-13(2)30(29-20)15-5-3-4-6-16(15)32(35)36/h3-11H,1-2H3,(H,27,34). The topological polar surface area (TPSA) is 138 Å². The number of pyridine rings is 1. The molecule has 3 aromatic heterocycles. The second kappa shape index (κ2) is 9.05. The molecule has 0 bridgehead atoms. The van der Waals surface area contributed by atoms with Gasteiger partial charge in [0, 0.05) is 30.1 Å². The molecule has 0 saturated heterocycles. The number of anilines is 1. The Morgan fingerprint density at radius 3 is 2.42 bits per heavy atom. The van der Waals surface area contributed by atoms with Gasteiger partial charge in [-0.05, 0) is 32.0 Å². The Hall–Kier alpha value is -4.88. The van der Waals surface area contributed by atoms with Crippen LogP contribution in [0, 0.1) is 24.0 Å². The highest BCUT2D eigenvalue weighted by Gasteiger charge is 2.31. The van der Waals surface area contributed by atoms with E-state index in [2.05, 4.69) is 20.5 Å². The molecule has 0 aliphatic carbocycles. The molecule has 4 rings (SSSR count). The number of aromatic nitrogens is 5. The molecule has 36 heavy (non-hydrogen) atoms. The van der Waals surface area contributed by atoms with Crippen LogP contribution in [0.2, 0.25) is 0 Å². The van der Waals surface area contributed by atoms with Crippen molar-refractivity contribution >= 4 is 17.4 Å². The number of nitro groups is 1. The summed E-state index contributed by atoms with van der Waals surface area (Å²) in [5.74, 6) is -0.954. The maximum absolute atomic E-state index is 13.0. The summed E-state index contributed by atoms with van der Waals surface area (Å²) < 4.78 is 40.8. The number of halogens is 3. The molecule has 1 N–H and O–H groups in total. The smallest absolute Gasteiger partial charge is 0.305 e. The number of hydrogen-bond acceptors (Lipinski definition) is 7. The molecule has 3 heterocycles. The van der Waals surface area contributed by atoms with Crippen LogP contribution in [0.5, 0.6) is 0 Å². The van der Waals surface area contributed by atoms with Crippen LogP contribution in [0.15, 0.2) is 59.5 Å². The molecule has 0 fully saturated rings. The third-order valence-electron chi connectivity index (χ3n) is 4.99. The first kappa shape index (κ1) is 24.3. The van der Waals surface area contributed by atoms with Crippen LogP contribution in [-0.4, -0.2) is 35.4 Å². The molecule has 4 aromatic rings. The van der Waals surface area contributed by atoms with Gasteiger partial charge >= 0.3 is 6.18 Å². The van der Waals surface area contributed by atoms with E-state index in [1.165, 1.54) is 31.2 Å². The fourth-order valence-corrected chi connectivity index (χ4v) is 3.36. The van der Waals surface area contributed by atoms with Crippen LogP contribution in [0.3, 0.4) is 0 Å². The van der Waals surface area contributed by atoms with Crippen molar-refractivity contribution < 1.29 is 22.9 Å². The zero-order chi connectivity index (χ0) is 26.2. The summed E-state index contributed by atoms with van der Waals surface area (Å²) >= 11 is 0. The van der Waals surface area contributed by atoms with Crippen molar-refractivity contribution in [3.05, 3.63) is 97.7 Å². The normalized spacial score (nSPS) is 11.4. The Morgan fingerprint density at radius 2 is 1.78 bits per heavy atom. The SMILES string of the molecule is Cc1cc(NC(=O)c2nn(-c3ccccc3[N+](=O)[O-])c(C)cc2=O)n(-c2ccc(C(F)(F)F)cn2)n1. The minimum atomic E-state index is -4.58. The molecule has 1 amide bonds. The Balaban J connectivity index is 1.71. The van der Waals surface area contributed by atoms with Crippen molar-refractivity contribution in [3.8, 4) is 11.5 Å². The number of amides is 1. The Labute approximate surface area is 200 Å². The number of benzene rings is 1. The summed E-state index contributed by atoms with van der Waals surface area (Å²) in [4.78, 5) is 40.1. The molecule has 0 aliphatic heterocycles. The van der Waals surface area contributed by atoms with Crippen molar-refractivity contribution in [1.29, 1.82) is 0 Å². The summed E-state index contributed by atoms with van der Waals surface area (Å²) in [5, 5.41) is 22.1. The van der Waals surface area contributed by atoms with E-state index in [9.17, 15) is 32.9 Å². The predicted molar refractivity (Wildman–Crippen MR) is 120 cm³/mol. The number of para-hydroxylation sites is 2.